The van der Waals surface area contributed by atoms with Crippen molar-refractivity contribution < 1.29 is 29.0 Å². The summed E-state index contributed by atoms with van der Waals surface area (Å²) in [4.78, 5) is 38.6. The molecule has 3 aromatic carbocycles. The number of hydrogen-bond acceptors (Lipinski definition) is 6. The Morgan fingerprint density at radius 2 is 1.40 bits per heavy atom. The van der Waals surface area contributed by atoms with Crippen molar-refractivity contribution in [1.29, 1.82) is 0 Å². The van der Waals surface area contributed by atoms with E-state index in [-0.39, 0.29) is 50.3 Å². The van der Waals surface area contributed by atoms with E-state index in [1.54, 1.807) is 12.2 Å². The lowest BCUT2D eigenvalue weighted by atomic mass is 9.98. The van der Waals surface area contributed by atoms with E-state index in [1.165, 1.54) is 0 Å². The Bertz CT molecular complexity index is 1340. The van der Waals surface area contributed by atoms with E-state index in [9.17, 15) is 19.5 Å². The topological polar surface area (TPSA) is 114 Å². The van der Waals surface area contributed by atoms with Gasteiger partial charge in [0.2, 0.25) is 11.8 Å². The summed E-state index contributed by atoms with van der Waals surface area (Å²) < 4.78 is 11.4. The molecule has 0 saturated heterocycles. The number of ether oxygens (including phenoxy) is 2. The quantitative estimate of drug-likeness (QED) is 0.121. The van der Waals surface area contributed by atoms with Crippen LogP contribution in [0, 0.1) is 5.92 Å². The summed E-state index contributed by atoms with van der Waals surface area (Å²) in [6.07, 6.45) is 5.01. The number of benzene rings is 3. The van der Waals surface area contributed by atoms with Gasteiger partial charge in [0.15, 0.2) is 0 Å². The molecule has 2 amide bonds. The maximum absolute atomic E-state index is 13.4. The average molecular weight is 613 g/mol. The molecule has 0 aromatic heterocycles. The van der Waals surface area contributed by atoms with E-state index < -0.39 is 18.0 Å². The number of esters is 1. The highest BCUT2D eigenvalue weighted by molar-refractivity contribution is 5.86. The summed E-state index contributed by atoms with van der Waals surface area (Å²) in [5, 5.41) is 15.7. The van der Waals surface area contributed by atoms with Crippen LogP contribution in [-0.2, 0) is 38.6 Å². The van der Waals surface area contributed by atoms with Crippen LogP contribution in [0.15, 0.2) is 110 Å². The molecule has 3 aromatic rings. The van der Waals surface area contributed by atoms with Gasteiger partial charge in [-0.15, -0.1) is 13.2 Å². The predicted octanol–water partition coefficient (Wildman–Crippen LogP) is 5.10. The molecule has 238 valence electrons. The van der Waals surface area contributed by atoms with Gasteiger partial charge in [-0.25, -0.2) is 0 Å². The summed E-state index contributed by atoms with van der Waals surface area (Å²) >= 11 is 0. The van der Waals surface area contributed by atoms with Crippen molar-refractivity contribution in [2.75, 3.05) is 13.2 Å². The van der Waals surface area contributed by atoms with E-state index >= 15 is 0 Å². The van der Waals surface area contributed by atoms with E-state index in [2.05, 4.69) is 23.8 Å². The summed E-state index contributed by atoms with van der Waals surface area (Å²) in [7, 11) is 0. The lowest BCUT2D eigenvalue weighted by Crippen LogP contribution is -2.45. The maximum atomic E-state index is 13.4. The third-order valence-corrected chi connectivity index (χ3v) is 7.16. The molecule has 8 heteroatoms. The Morgan fingerprint density at radius 3 is 2.02 bits per heavy atom. The summed E-state index contributed by atoms with van der Waals surface area (Å²) in [5.74, 6) is -1.04. The minimum Gasteiger partial charge on any atom is -0.489 e. The molecule has 0 heterocycles. The van der Waals surface area contributed by atoms with Gasteiger partial charge in [0.1, 0.15) is 19.0 Å². The lowest BCUT2D eigenvalue weighted by molar-refractivity contribution is -0.145. The van der Waals surface area contributed by atoms with Crippen molar-refractivity contribution in [2.45, 2.75) is 57.2 Å². The largest absolute Gasteiger partial charge is 0.489 e. The first-order valence-corrected chi connectivity index (χ1v) is 15.3. The number of carbonyl (C=O) groups excluding carboxylic acids is 3. The molecule has 0 aliphatic rings. The maximum Gasteiger partial charge on any atom is 0.306 e. The van der Waals surface area contributed by atoms with Crippen molar-refractivity contribution in [3.05, 3.63) is 127 Å². The Labute approximate surface area is 266 Å². The van der Waals surface area contributed by atoms with Crippen LogP contribution in [0.1, 0.15) is 42.4 Å². The van der Waals surface area contributed by atoms with Crippen molar-refractivity contribution in [3.8, 4) is 5.75 Å². The monoisotopic (exact) mass is 612 g/mol. The van der Waals surface area contributed by atoms with Gasteiger partial charge in [-0.1, -0.05) is 84.9 Å². The standard InChI is InChI=1S/C37H44N2O6/c1-3-5-17-36(42)45-27-33(23-29-18-20-34(21-19-29)44-26-30-15-10-7-11-16-30)39-37(43)31(12-4-2)24-35(41)38-32(25-40)22-28-13-8-6-9-14-28/h3-4,6-11,13-16,18-21,31-33,40H,1-2,5,12,17,22-27H2,(H,38,41)(H,39,43)/t31-,32-,33+/m1/s1. The summed E-state index contributed by atoms with van der Waals surface area (Å²) in [6.45, 7) is 7.59. The first-order valence-electron chi connectivity index (χ1n) is 15.3. The minimum absolute atomic E-state index is 0.0232. The molecule has 0 fully saturated rings. The van der Waals surface area contributed by atoms with Gasteiger partial charge in [-0.3, -0.25) is 14.4 Å². The average Bonchev–Trinajstić information content (AvgIpc) is 3.06. The van der Waals surface area contributed by atoms with Gasteiger partial charge < -0.3 is 25.2 Å². The smallest absolute Gasteiger partial charge is 0.306 e. The molecule has 0 radical (unpaired) electrons. The van der Waals surface area contributed by atoms with Gasteiger partial charge in [-0.05, 0) is 54.5 Å². The molecule has 0 bridgehead atoms. The number of nitrogens with one attached hydrogen (secondary N) is 2. The molecule has 3 atom stereocenters. The van der Waals surface area contributed by atoms with E-state index in [1.807, 2.05) is 84.9 Å². The second kappa shape index (κ2) is 19.6. The highest BCUT2D eigenvalue weighted by Gasteiger charge is 2.25. The second-order valence-corrected chi connectivity index (χ2v) is 10.9. The van der Waals surface area contributed by atoms with E-state index in [4.69, 9.17) is 9.47 Å². The van der Waals surface area contributed by atoms with Crippen LogP contribution in [0.5, 0.6) is 5.75 Å². The molecule has 0 unspecified atom stereocenters. The van der Waals surface area contributed by atoms with Crippen LogP contribution in [0.4, 0.5) is 0 Å². The van der Waals surface area contributed by atoms with Crippen molar-refractivity contribution in [2.24, 2.45) is 5.92 Å². The summed E-state index contributed by atoms with van der Waals surface area (Å²) in [6, 6.07) is 26.0. The van der Waals surface area contributed by atoms with Crippen LogP contribution in [-0.4, -0.2) is 48.2 Å². The third kappa shape index (κ3) is 13.2. The van der Waals surface area contributed by atoms with Crippen molar-refractivity contribution in [1.82, 2.24) is 10.6 Å². The zero-order valence-corrected chi connectivity index (χ0v) is 25.7. The molecule has 3 rings (SSSR count). The number of aliphatic hydroxyl groups is 1. The van der Waals surface area contributed by atoms with Crippen LogP contribution < -0.4 is 15.4 Å². The van der Waals surface area contributed by atoms with Gasteiger partial charge in [-0.2, -0.15) is 0 Å². The molecular weight excluding hydrogens is 568 g/mol. The number of amides is 2. The van der Waals surface area contributed by atoms with Gasteiger partial charge in [0.25, 0.3) is 0 Å². The molecule has 3 N–H and O–H groups in total. The van der Waals surface area contributed by atoms with E-state index in [0.717, 1.165) is 16.7 Å². The minimum atomic E-state index is -0.689. The van der Waals surface area contributed by atoms with Crippen LogP contribution in [0.3, 0.4) is 0 Å². The van der Waals surface area contributed by atoms with Crippen LogP contribution >= 0.6 is 0 Å². The van der Waals surface area contributed by atoms with Crippen molar-refractivity contribution >= 4 is 17.8 Å². The fourth-order valence-electron chi connectivity index (χ4n) is 4.76. The number of hydrogen-bond donors (Lipinski definition) is 3. The Balaban J connectivity index is 1.62. The first-order chi connectivity index (χ1) is 21.9. The highest BCUT2D eigenvalue weighted by atomic mass is 16.5. The molecule has 0 spiro atoms. The zero-order valence-electron chi connectivity index (χ0n) is 25.7. The Morgan fingerprint density at radius 1 is 0.778 bits per heavy atom. The number of carbonyl (C=O) groups is 3. The number of aliphatic hydroxyl groups excluding tert-OH is 1. The van der Waals surface area contributed by atoms with E-state index in [0.29, 0.717) is 31.6 Å². The van der Waals surface area contributed by atoms with Gasteiger partial charge >= 0.3 is 5.97 Å². The molecule has 0 aliphatic carbocycles. The molecule has 45 heavy (non-hydrogen) atoms. The van der Waals surface area contributed by atoms with Crippen LogP contribution in [0.25, 0.3) is 0 Å². The normalized spacial score (nSPS) is 12.6. The molecule has 0 aliphatic heterocycles. The SMILES string of the molecule is C=CCCC(=O)OC[C@H](Cc1ccc(OCc2ccccc2)cc1)NC(=O)[C@H](CC=C)CC(=O)N[C@@H](CO)Cc1ccccc1. The molecule has 0 saturated carbocycles. The Hall–Kier alpha value is -4.69. The highest BCUT2D eigenvalue weighted by Crippen LogP contribution is 2.17. The van der Waals surface area contributed by atoms with Crippen molar-refractivity contribution in [3.63, 3.8) is 0 Å². The summed E-state index contributed by atoms with van der Waals surface area (Å²) in [5.41, 5.74) is 2.96. The third-order valence-electron chi connectivity index (χ3n) is 7.16. The number of rotatable bonds is 20. The Kier molecular flexibility index (Phi) is 15.1. The molecule has 8 nitrogen and oxygen atoms in total. The fraction of sp³-hybridized carbons (Fsp3) is 0.324. The number of allylic oxidation sites excluding steroid dienone is 2. The molecular formula is C37H44N2O6. The predicted molar refractivity (Wildman–Crippen MR) is 175 cm³/mol. The van der Waals surface area contributed by atoms with Gasteiger partial charge in [0, 0.05) is 12.8 Å². The van der Waals surface area contributed by atoms with Gasteiger partial charge in [0.05, 0.1) is 24.6 Å². The first kappa shape index (κ1) is 34.8. The fourth-order valence-corrected chi connectivity index (χ4v) is 4.76. The lowest BCUT2D eigenvalue weighted by Gasteiger charge is -2.23. The second-order valence-electron chi connectivity index (χ2n) is 10.9. The zero-order chi connectivity index (χ0) is 32.3. The van der Waals surface area contributed by atoms with Crippen LogP contribution in [0.2, 0.25) is 0 Å².